The van der Waals surface area contributed by atoms with Gasteiger partial charge in [-0.25, -0.2) is 8.42 Å². The van der Waals surface area contributed by atoms with Gasteiger partial charge in [-0.15, -0.1) is 0 Å². The number of benzene rings is 2. The quantitative estimate of drug-likeness (QED) is 0.603. The fourth-order valence-electron chi connectivity index (χ4n) is 3.28. The van der Waals surface area contributed by atoms with E-state index in [1.807, 2.05) is 32.0 Å². The number of hydrogen-bond acceptors (Lipinski definition) is 4. The summed E-state index contributed by atoms with van der Waals surface area (Å²) in [7, 11) is -3.63. The predicted octanol–water partition coefficient (Wildman–Crippen LogP) is 4.24. The van der Waals surface area contributed by atoms with Crippen molar-refractivity contribution < 1.29 is 18.0 Å². The average molecular weight is 431 g/mol. The minimum Gasteiger partial charge on any atom is -0.326 e. The van der Waals surface area contributed by atoms with Crippen LogP contribution in [0.3, 0.4) is 0 Å². The van der Waals surface area contributed by atoms with Crippen molar-refractivity contribution in [2.24, 2.45) is 0 Å². The largest absolute Gasteiger partial charge is 0.326 e. The van der Waals surface area contributed by atoms with Gasteiger partial charge >= 0.3 is 0 Å². The number of Topliss-reactive ketones (excluding diaryl/α,β-unsaturated/α-hetero) is 1. The third-order valence-electron chi connectivity index (χ3n) is 5.07. The molecule has 0 aliphatic rings. The van der Waals surface area contributed by atoms with Crippen LogP contribution >= 0.6 is 0 Å². The highest BCUT2D eigenvalue weighted by Crippen LogP contribution is 2.24. The van der Waals surface area contributed by atoms with Crippen molar-refractivity contribution in [1.82, 2.24) is 4.31 Å². The summed E-state index contributed by atoms with van der Waals surface area (Å²) < 4.78 is 27.1. The van der Waals surface area contributed by atoms with E-state index in [0.717, 1.165) is 11.1 Å². The fourth-order valence-corrected chi connectivity index (χ4v) is 4.99. The van der Waals surface area contributed by atoms with Crippen LogP contribution in [0.4, 0.5) is 5.69 Å². The lowest BCUT2D eigenvalue weighted by molar-refractivity contribution is -0.116. The number of nitrogens with one attached hydrogen (secondary N) is 1. The molecule has 0 radical (unpaired) electrons. The summed E-state index contributed by atoms with van der Waals surface area (Å²) in [6, 6.07) is 10.5. The predicted molar refractivity (Wildman–Crippen MR) is 119 cm³/mol. The fraction of sp³-hybridized carbons (Fsp3) is 0.391. The summed E-state index contributed by atoms with van der Waals surface area (Å²) in [6.07, 6.45) is 0.116. The van der Waals surface area contributed by atoms with Crippen LogP contribution in [-0.4, -0.2) is 37.5 Å². The lowest BCUT2D eigenvalue weighted by Gasteiger charge is -2.20. The molecule has 0 saturated heterocycles. The molecule has 0 aromatic heterocycles. The average Bonchev–Trinajstić information content (AvgIpc) is 2.70. The second kappa shape index (κ2) is 10.00. The van der Waals surface area contributed by atoms with E-state index in [2.05, 4.69) is 5.32 Å². The Morgan fingerprint density at radius 2 is 1.53 bits per heavy atom. The van der Waals surface area contributed by atoms with Crippen LogP contribution in [-0.2, 0) is 14.8 Å². The third-order valence-corrected chi connectivity index (χ3v) is 7.26. The molecule has 0 bridgehead atoms. The molecule has 0 saturated carbocycles. The number of carbonyl (C=O) groups excluding carboxylic acids is 2. The number of ketones is 1. The van der Waals surface area contributed by atoms with Gasteiger partial charge < -0.3 is 5.32 Å². The number of aryl methyl sites for hydroxylation is 3. The molecule has 30 heavy (non-hydrogen) atoms. The highest BCUT2D eigenvalue weighted by molar-refractivity contribution is 7.89. The first-order chi connectivity index (χ1) is 14.1. The second-order valence-corrected chi connectivity index (χ2v) is 9.27. The van der Waals surface area contributed by atoms with Crippen LogP contribution in [0.1, 0.15) is 53.7 Å². The SMILES string of the molecule is CCN(CC)S(=O)(=O)c1cc(NC(=O)CCC(=O)c2cc(C)ccc2C)ccc1C. The third kappa shape index (κ3) is 5.55. The summed E-state index contributed by atoms with van der Waals surface area (Å²) in [5, 5.41) is 2.72. The number of carbonyl (C=O) groups is 2. The topological polar surface area (TPSA) is 83.6 Å². The second-order valence-electron chi connectivity index (χ2n) is 7.36. The number of amides is 1. The van der Waals surface area contributed by atoms with Crippen molar-refractivity contribution in [1.29, 1.82) is 0 Å². The number of anilines is 1. The lowest BCUT2D eigenvalue weighted by Crippen LogP contribution is -2.31. The Morgan fingerprint density at radius 3 is 2.17 bits per heavy atom. The van der Waals surface area contributed by atoms with Crippen LogP contribution < -0.4 is 5.32 Å². The van der Waals surface area contributed by atoms with Crippen molar-refractivity contribution in [3.05, 3.63) is 58.7 Å². The first-order valence-corrected chi connectivity index (χ1v) is 11.5. The Balaban J connectivity index is 2.10. The van der Waals surface area contributed by atoms with E-state index >= 15 is 0 Å². The van der Waals surface area contributed by atoms with Crippen molar-refractivity contribution in [2.75, 3.05) is 18.4 Å². The van der Waals surface area contributed by atoms with Gasteiger partial charge in [0, 0.05) is 37.2 Å². The highest BCUT2D eigenvalue weighted by atomic mass is 32.2. The molecule has 0 aliphatic carbocycles. The van der Waals surface area contributed by atoms with Gasteiger partial charge in [0.05, 0.1) is 4.90 Å². The van der Waals surface area contributed by atoms with Gasteiger partial charge in [0.25, 0.3) is 0 Å². The highest BCUT2D eigenvalue weighted by Gasteiger charge is 2.24. The summed E-state index contributed by atoms with van der Waals surface area (Å²) in [5.74, 6) is -0.413. The molecule has 2 rings (SSSR count). The number of rotatable bonds is 9. The lowest BCUT2D eigenvalue weighted by atomic mass is 9.99. The molecule has 1 amide bonds. The molecule has 2 aromatic rings. The van der Waals surface area contributed by atoms with E-state index in [0.29, 0.717) is 29.9 Å². The molecule has 0 spiro atoms. The van der Waals surface area contributed by atoms with Gasteiger partial charge in [0.15, 0.2) is 5.78 Å². The van der Waals surface area contributed by atoms with E-state index in [-0.39, 0.29) is 29.4 Å². The molecule has 0 unspecified atom stereocenters. The smallest absolute Gasteiger partial charge is 0.243 e. The molecule has 0 fully saturated rings. The van der Waals surface area contributed by atoms with E-state index in [9.17, 15) is 18.0 Å². The maximum absolute atomic E-state index is 12.9. The van der Waals surface area contributed by atoms with Crippen molar-refractivity contribution in [3.63, 3.8) is 0 Å². The Hall–Kier alpha value is -2.51. The van der Waals surface area contributed by atoms with Gasteiger partial charge in [-0.2, -0.15) is 4.31 Å². The standard InChI is InChI=1S/C23H30N2O4S/c1-6-25(7-2)30(28,29)22-15-19(11-10-18(22)5)24-23(27)13-12-21(26)20-14-16(3)8-9-17(20)4/h8-11,14-15H,6-7,12-13H2,1-5H3,(H,24,27). The molecular weight excluding hydrogens is 400 g/mol. The molecule has 162 valence electrons. The summed E-state index contributed by atoms with van der Waals surface area (Å²) in [4.78, 5) is 25.0. The molecule has 0 heterocycles. The van der Waals surface area contributed by atoms with Crippen molar-refractivity contribution in [2.45, 2.75) is 52.4 Å². The molecule has 0 atom stereocenters. The minimum absolute atomic E-state index is 0.0260. The van der Waals surface area contributed by atoms with E-state index in [1.54, 1.807) is 32.9 Å². The van der Waals surface area contributed by atoms with E-state index < -0.39 is 10.0 Å². The van der Waals surface area contributed by atoms with Crippen LogP contribution in [0.15, 0.2) is 41.3 Å². The normalized spacial score (nSPS) is 11.5. The number of hydrogen-bond donors (Lipinski definition) is 1. The zero-order chi connectivity index (χ0) is 22.5. The van der Waals surface area contributed by atoms with E-state index in [4.69, 9.17) is 0 Å². The number of nitrogens with zero attached hydrogens (tertiary/aromatic N) is 1. The minimum atomic E-state index is -3.63. The summed E-state index contributed by atoms with van der Waals surface area (Å²) in [6.45, 7) is 9.83. The maximum atomic E-state index is 12.9. The zero-order valence-electron chi connectivity index (χ0n) is 18.3. The van der Waals surface area contributed by atoms with Crippen LogP contribution in [0.25, 0.3) is 0 Å². The Labute approximate surface area is 179 Å². The Morgan fingerprint density at radius 1 is 0.900 bits per heavy atom. The van der Waals surface area contributed by atoms with Crippen molar-refractivity contribution in [3.8, 4) is 0 Å². The zero-order valence-corrected chi connectivity index (χ0v) is 19.1. The van der Waals surface area contributed by atoms with Gasteiger partial charge in [0.2, 0.25) is 15.9 Å². The summed E-state index contributed by atoms with van der Waals surface area (Å²) >= 11 is 0. The molecule has 6 nitrogen and oxygen atoms in total. The molecule has 7 heteroatoms. The first kappa shape index (κ1) is 23.8. The molecule has 0 aliphatic heterocycles. The van der Waals surface area contributed by atoms with E-state index in [1.165, 1.54) is 10.4 Å². The molecule has 1 N–H and O–H groups in total. The van der Waals surface area contributed by atoms with Crippen LogP contribution in [0, 0.1) is 20.8 Å². The Kier molecular flexibility index (Phi) is 7.92. The Bertz CT molecular complexity index is 1040. The molecular formula is C23H30N2O4S. The van der Waals surface area contributed by atoms with Crippen LogP contribution in [0.2, 0.25) is 0 Å². The van der Waals surface area contributed by atoms with Gasteiger partial charge in [-0.05, 0) is 50.1 Å². The first-order valence-electron chi connectivity index (χ1n) is 10.1. The van der Waals surface area contributed by atoms with Gasteiger partial charge in [-0.1, -0.05) is 37.6 Å². The number of sulfonamides is 1. The van der Waals surface area contributed by atoms with Gasteiger partial charge in [0.1, 0.15) is 0 Å². The maximum Gasteiger partial charge on any atom is 0.243 e. The monoisotopic (exact) mass is 430 g/mol. The van der Waals surface area contributed by atoms with Crippen LogP contribution in [0.5, 0.6) is 0 Å². The summed E-state index contributed by atoms with van der Waals surface area (Å²) in [5.41, 5.74) is 3.53. The van der Waals surface area contributed by atoms with Gasteiger partial charge in [-0.3, -0.25) is 9.59 Å². The van der Waals surface area contributed by atoms with Crippen molar-refractivity contribution >= 4 is 27.4 Å². The molecule has 2 aromatic carbocycles.